The summed E-state index contributed by atoms with van der Waals surface area (Å²) in [5.41, 5.74) is 2.76. The monoisotopic (exact) mass is 244 g/mol. The van der Waals surface area contributed by atoms with Crippen molar-refractivity contribution in [2.45, 2.75) is 6.92 Å². The lowest BCUT2D eigenvalue weighted by atomic mass is 10.1. The third kappa shape index (κ3) is 1.53. The highest BCUT2D eigenvalue weighted by Crippen LogP contribution is 2.32. The molecule has 2 nitrogen and oxygen atoms in total. The van der Waals surface area contributed by atoms with Gasteiger partial charge in [-0.2, -0.15) is 0 Å². The molecule has 0 aliphatic carbocycles. The average molecular weight is 245 g/mol. The average Bonchev–Trinajstić information content (AvgIpc) is 2.66. The maximum absolute atomic E-state index is 11.4. The van der Waals surface area contributed by atoms with Gasteiger partial charge in [0.2, 0.25) is 0 Å². The molecule has 84 valence electrons. The minimum Gasteiger partial charge on any atom is -0.455 e. The molecule has 1 heterocycles. The van der Waals surface area contributed by atoms with Gasteiger partial charge in [-0.25, -0.2) is 0 Å². The molecule has 3 aromatic rings. The standard InChI is InChI=1S/C14H9ClO2/c1-8-6-10-9-4-2-3-5-12(9)17-13(10)11(7-8)14(15)16/h2-7H,1H3. The summed E-state index contributed by atoms with van der Waals surface area (Å²) in [4.78, 5) is 11.4. The van der Waals surface area contributed by atoms with Gasteiger partial charge < -0.3 is 4.42 Å². The van der Waals surface area contributed by atoms with Crippen molar-refractivity contribution < 1.29 is 9.21 Å². The molecule has 0 spiro atoms. The fourth-order valence-corrected chi connectivity index (χ4v) is 2.26. The highest BCUT2D eigenvalue weighted by atomic mass is 35.5. The van der Waals surface area contributed by atoms with E-state index in [0.717, 1.165) is 21.9 Å². The molecular weight excluding hydrogens is 236 g/mol. The van der Waals surface area contributed by atoms with Crippen LogP contribution in [0.5, 0.6) is 0 Å². The third-order valence-electron chi connectivity index (χ3n) is 2.83. The Morgan fingerprint density at radius 2 is 1.94 bits per heavy atom. The largest absolute Gasteiger partial charge is 0.455 e. The number of fused-ring (bicyclic) bond motifs is 3. The van der Waals surface area contributed by atoms with Gasteiger partial charge in [0.15, 0.2) is 0 Å². The first-order valence-corrected chi connectivity index (χ1v) is 5.66. The lowest BCUT2D eigenvalue weighted by Crippen LogP contribution is -1.90. The van der Waals surface area contributed by atoms with Crippen LogP contribution in [0.15, 0.2) is 40.8 Å². The third-order valence-corrected chi connectivity index (χ3v) is 3.04. The van der Waals surface area contributed by atoms with Gasteiger partial charge >= 0.3 is 0 Å². The van der Waals surface area contributed by atoms with Crippen molar-refractivity contribution in [1.82, 2.24) is 0 Å². The Bertz CT molecular complexity index is 740. The van der Waals surface area contributed by atoms with E-state index in [2.05, 4.69) is 0 Å². The predicted molar refractivity (Wildman–Crippen MR) is 68.6 cm³/mol. The molecule has 0 saturated carbocycles. The highest BCUT2D eigenvalue weighted by Gasteiger charge is 2.14. The molecule has 0 N–H and O–H groups in total. The van der Waals surface area contributed by atoms with Crippen molar-refractivity contribution in [1.29, 1.82) is 0 Å². The van der Waals surface area contributed by atoms with E-state index in [9.17, 15) is 4.79 Å². The Balaban J connectivity index is 2.55. The number of carbonyl (C=O) groups excluding carboxylic acids is 1. The molecule has 2 aromatic carbocycles. The van der Waals surface area contributed by atoms with Crippen LogP contribution in [0.2, 0.25) is 0 Å². The molecule has 0 atom stereocenters. The number of aryl methyl sites for hydroxylation is 1. The van der Waals surface area contributed by atoms with Crippen LogP contribution in [0.3, 0.4) is 0 Å². The molecule has 17 heavy (non-hydrogen) atoms. The first-order valence-electron chi connectivity index (χ1n) is 5.28. The van der Waals surface area contributed by atoms with E-state index < -0.39 is 5.24 Å². The van der Waals surface area contributed by atoms with Crippen LogP contribution in [0.25, 0.3) is 21.9 Å². The summed E-state index contributed by atoms with van der Waals surface area (Å²) >= 11 is 5.58. The summed E-state index contributed by atoms with van der Waals surface area (Å²) in [6, 6.07) is 11.5. The van der Waals surface area contributed by atoms with Gasteiger partial charge in [0, 0.05) is 10.8 Å². The summed E-state index contributed by atoms with van der Waals surface area (Å²) in [5.74, 6) is 0. The molecule has 0 radical (unpaired) electrons. The molecule has 0 aliphatic rings. The highest BCUT2D eigenvalue weighted by molar-refractivity contribution is 6.68. The Kier molecular flexibility index (Phi) is 2.20. The summed E-state index contributed by atoms with van der Waals surface area (Å²) in [7, 11) is 0. The molecule has 0 amide bonds. The van der Waals surface area contributed by atoms with E-state index >= 15 is 0 Å². The molecule has 3 heteroatoms. The molecule has 1 aromatic heterocycles. The van der Waals surface area contributed by atoms with Gasteiger partial charge in [-0.1, -0.05) is 18.2 Å². The number of furan rings is 1. The predicted octanol–water partition coefficient (Wildman–Crippen LogP) is 4.27. The molecular formula is C14H9ClO2. The summed E-state index contributed by atoms with van der Waals surface area (Å²) in [5, 5.41) is 1.45. The fourth-order valence-electron chi connectivity index (χ4n) is 2.12. The molecule has 0 aliphatic heterocycles. The van der Waals surface area contributed by atoms with E-state index in [1.165, 1.54) is 0 Å². The van der Waals surface area contributed by atoms with Crippen LogP contribution in [0.4, 0.5) is 0 Å². The van der Waals surface area contributed by atoms with E-state index in [1.807, 2.05) is 37.3 Å². The topological polar surface area (TPSA) is 30.2 Å². The molecule has 0 bridgehead atoms. The minimum absolute atomic E-state index is 0.429. The Morgan fingerprint density at radius 1 is 1.18 bits per heavy atom. The van der Waals surface area contributed by atoms with Gasteiger partial charge in [0.25, 0.3) is 5.24 Å². The SMILES string of the molecule is Cc1cc(C(=O)Cl)c2oc3ccccc3c2c1. The van der Waals surface area contributed by atoms with Crippen LogP contribution >= 0.6 is 11.6 Å². The van der Waals surface area contributed by atoms with E-state index in [-0.39, 0.29) is 0 Å². The van der Waals surface area contributed by atoms with Crippen molar-refractivity contribution >= 4 is 38.8 Å². The zero-order valence-electron chi connectivity index (χ0n) is 9.16. The first kappa shape index (κ1) is 10.4. The van der Waals surface area contributed by atoms with Crippen molar-refractivity contribution in [3.05, 3.63) is 47.5 Å². The van der Waals surface area contributed by atoms with Crippen molar-refractivity contribution in [2.75, 3.05) is 0 Å². The Morgan fingerprint density at radius 3 is 2.71 bits per heavy atom. The second kappa shape index (κ2) is 3.60. The summed E-state index contributed by atoms with van der Waals surface area (Å²) in [6.07, 6.45) is 0. The van der Waals surface area contributed by atoms with Gasteiger partial charge in [-0.3, -0.25) is 4.79 Å². The lowest BCUT2D eigenvalue weighted by Gasteiger charge is -1.98. The molecule has 3 rings (SSSR count). The number of para-hydroxylation sites is 1. The van der Waals surface area contributed by atoms with Crippen LogP contribution in [0.1, 0.15) is 15.9 Å². The van der Waals surface area contributed by atoms with Gasteiger partial charge in [-0.15, -0.1) is 0 Å². The maximum atomic E-state index is 11.4. The normalized spacial score (nSPS) is 11.2. The Hall–Kier alpha value is -1.80. The zero-order chi connectivity index (χ0) is 12.0. The molecule has 0 saturated heterocycles. The van der Waals surface area contributed by atoms with E-state index in [4.69, 9.17) is 16.0 Å². The van der Waals surface area contributed by atoms with Crippen molar-refractivity contribution in [3.8, 4) is 0 Å². The smallest absolute Gasteiger partial charge is 0.256 e. The quantitative estimate of drug-likeness (QED) is 0.598. The van der Waals surface area contributed by atoms with Gasteiger partial charge in [0.1, 0.15) is 11.2 Å². The van der Waals surface area contributed by atoms with E-state index in [1.54, 1.807) is 6.07 Å². The van der Waals surface area contributed by atoms with Crippen LogP contribution in [0, 0.1) is 6.92 Å². The van der Waals surface area contributed by atoms with Gasteiger partial charge in [-0.05, 0) is 42.3 Å². The van der Waals surface area contributed by atoms with Gasteiger partial charge in [0.05, 0.1) is 5.56 Å². The number of hydrogen-bond donors (Lipinski definition) is 0. The number of rotatable bonds is 1. The minimum atomic E-state index is -0.488. The van der Waals surface area contributed by atoms with Crippen LogP contribution < -0.4 is 0 Å². The maximum Gasteiger partial charge on any atom is 0.256 e. The lowest BCUT2D eigenvalue weighted by molar-refractivity contribution is 0.108. The second-order valence-electron chi connectivity index (χ2n) is 4.06. The van der Waals surface area contributed by atoms with Crippen molar-refractivity contribution in [3.63, 3.8) is 0 Å². The van der Waals surface area contributed by atoms with Crippen LogP contribution in [-0.2, 0) is 0 Å². The molecule has 0 unspecified atom stereocenters. The van der Waals surface area contributed by atoms with Crippen LogP contribution in [-0.4, -0.2) is 5.24 Å². The number of benzene rings is 2. The summed E-state index contributed by atoms with van der Waals surface area (Å²) < 4.78 is 5.69. The fraction of sp³-hybridized carbons (Fsp3) is 0.0714. The number of carbonyl (C=O) groups is 1. The molecule has 0 fully saturated rings. The van der Waals surface area contributed by atoms with Crippen molar-refractivity contribution in [2.24, 2.45) is 0 Å². The number of hydrogen-bond acceptors (Lipinski definition) is 2. The first-order chi connectivity index (χ1) is 8.16. The second-order valence-corrected chi connectivity index (χ2v) is 4.40. The van der Waals surface area contributed by atoms with E-state index in [0.29, 0.717) is 11.1 Å². The number of halogens is 1. The summed E-state index contributed by atoms with van der Waals surface area (Å²) in [6.45, 7) is 1.94. The Labute approximate surface area is 103 Å². The zero-order valence-corrected chi connectivity index (χ0v) is 9.91.